The summed E-state index contributed by atoms with van der Waals surface area (Å²) in [5.41, 5.74) is 9.94. The summed E-state index contributed by atoms with van der Waals surface area (Å²) < 4.78 is 11.6. The van der Waals surface area contributed by atoms with Gasteiger partial charge in [-0.05, 0) is 87.4 Å². The minimum Gasteiger partial charge on any atom is -0.493 e. The van der Waals surface area contributed by atoms with Crippen LogP contribution in [0, 0.1) is 6.92 Å². The Balaban J connectivity index is 1.96. The first-order valence-corrected chi connectivity index (χ1v) is 12.3. The number of benzene rings is 2. The number of ether oxygens (including phenoxy) is 2. The summed E-state index contributed by atoms with van der Waals surface area (Å²) in [7, 11) is 3.34. The molecular formula is C27H33NO2S. The Hall–Kier alpha value is -2.33. The van der Waals surface area contributed by atoms with Gasteiger partial charge in [-0.1, -0.05) is 33.8 Å². The quantitative estimate of drug-likeness (QED) is 0.486. The van der Waals surface area contributed by atoms with Gasteiger partial charge in [0.15, 0.2) is 11.5 Å². The zero-order valence-electron chi connectivity index (χ0n) is 19.7. The Morgan fingerprint density at radius 2 is 1.58 bits per heavy atom. The molecule has 164 valence electrons. The lowest BCUT2D eigenvalue weighted by Crippen LogP contribution is -2.34. The Labute approximate surface area is 189 Å². The number of nitrogens with zero attached hydrogens (tertiary/aromatic N) is 1. The standard InChI is InChI=1S/C27H33NO2S/c1-18-12-22-23(27(4,5)9-8-26(22,2)3)15-20(18)21-13-19(16-31-11-10-28-17-31)14-24(29-6)25(21)30-7/h10-17H,8-9H2,1-7H3. The molecule has 1 heterocycles. The summed E-state index contributed by atoms with van der Waals surface area (Å²) in [6.45, 7) is 11.7. The molecule has 2 aliphatic rings. The lowest BCUT2D eigenvalue weighted by atomic mass is 9.62. The maximum atomic E-state index is 5.86. The van der Waals surface area contributed by atoms with Crippen LogP contribution in [0.3, 0.4) is 0 Å². The van der Waals surface area contributed by atoms with Crippen molar-refractivity contribution in [1.82, 2.24) is 0 Å². The van der Waals surface area contributed by atoms with E-state index in [2.05, 4.69) is 74.7 Å². The number of aliphatic imine (C=N–C) groups is 1. The third kappa shape index (κ3) is 3.98. The molecule has 0 bridgehead atoms. The Morgan fingerprint density at radius 3 is 2.16 bits per heavy atom. The number of fused-ring (bicyclic) bond motifs is 1. The normalized spacial score (nSPS) is 20.7. The second kappa shape index (κ2) is 7.98. The minimum atomic E-state index is -0.0855. The van der Waals surface area contributed by atoms with Crippen molar-refractivity contribution in [3.8, 4) is 22.6 Å². The van der Waals surface area contributed by atoms with Gasteiger partial charge in [0.25, 0.3) is 0 Å². The first-order chi connectivity index (χ1) is 14.7. The fourth-order valence-corrected chi connectivity index (χ4v) is 5.82. The molecule has 2 aromatic carbocycles. The van der Waals surface area contributed by atoms with E-state index in [0.717, 1.165) is 22.6 Å². The second-order valence-corrected chi connectivity index (χ2v) is 11.4. The van der Waals surface area contributed by atoms with Gasteiger partial charge in [-0.3, -0.25) is 4.99 Å². The van der Waals surface area contributed by atoms with E-state index in [1.54, 1.807) is 14.2 Å². The number of aryl methyl sites for hydroxylation is 1. The molecule has 4 heteroatoms. The second-order valence-electron chi connectivity index (χ2n) is 9.85. The third-order valence-corrected chi connectivity index (χ3v) is 8.09. The van der Waals surface area contributed by atoms with Crippen molar-refractivity contribution in [2.24, 2.45) is 4.99 Å². The molecular weight excluding hydrogens is 402 g/mol. The zero-order chi connectivity index (χ0) is 22.4. The van der Waals surface area contributed by atoms with E-state index in [0.29, 0.717) is 0 Å². The van der Waals surface area contributed by atoms with Crippen molar-refractivity contribution < 1.29 is 9.47 Å². The van der Waals surface area contributed by atoms with Gasteiger partial charge in [0.1, 0.15) is 0 Å². The Kier molecular flexibility index (Phi) is 5.63. The average Bonchev–Trinajstić information content (AvgIpc) is 3.23. The van der Waals surface area contributed by atoms with Crippen LogP contribution in [0.25, 0.3) is 11.1 Å². The first-order valence-electron chi connectivity index (χ1n) is 10.8. The summed E-state index contributed by atoms with van der Waals surface area (Å²) in [6.07, 6.45) is 4.27. The van der Waals surface area contributed by atoms with E-state index in [-0.39, 0.29) is 21.3 Å². The highest BCUT2D eigenvalue weighted by Crippen LogP contribution is 2.49. The molecule has 0 N–H and O–H groups in total. The predicted molar refractivity (Wildman–Crippen MR) is 135 cm³/mol. The molecule has 31 heavy (non-hydrogen) atoms. The van der Waals surface area contributed by atoms with Gasteiger partial charge in [-0.15, -0.1) is 10.5 Å². The molecule has 0 amide bonds. The molecule has 0 saturated heterocycles. The van der Waals surface area contributed by atoms with E-state index < -0.39 is 0 Å². The van der Waals surface area contributed by atoms with Crippen LogP contribution in [0.5, 0.6) is 11.5 Å². The molecule has 1 unspecified atom stereocenters. The molecule has 0 aromatic heterocycles. The lowest BCUT2D eigenvalue weighted by molar-refractivity contribution is 0.332. The van der Waals surface area contributed by atoms with Gasteiger partial charge in [0, 0.05) is 11.8 Å². The van der Waals surface area contributed by atoms with Crippen molar-refractivity contribution >= 4 is 21.4 Å². The van der Waals surface area contributed by atoms with Crippen molar-refractivity contribution in [3.05, 3.63) is 58.1 Å². The van der Waals surface area contributed by atoms with Gasteiger partial charge in [0.2, 0.25) is 0 Å². The smallest absolute Gasteiger partial charge is 0.168 e. The van der Waals surface area contributed by atoms with E-state index >= 15 is 0 Å². The van der Waals surface area contributed by atoms with Crippen LogP contribution in [-0.2, 0) is 10.8 Å². The van der Waals surface area contributed by atoms with Crippen LogP contribution in [-0.4, -0.2) is 25.1 Å². The monoisotopic (exact) mass is 435 g/mol. The molecule has 0 radical (unpaired) electrons. The average molecular weight is 436 g/mol. The predicted octanol–water partition coefficient (Wildman–Crippen LogP) is 6.96. The highest BCUT2D eigenvalue weighted by atomic mass is 32.2. The molecule has 1 aliphatic heterocycles. The highest BCUT2D eigenvalue weighted by molar-refractivity contribution is 8.29. The molecule has 0 saturated carbocycles. The number of hydrogen-bond acceptors (Lipinski definition) is 3. The third-order valence-electron chi connectivity index (χ3n) is 6.75. The van der Waals surface area contributed by atoms with Gasteiger partial charge in [-0.2, -0.15) is 0 Å². The Morgan fingerprint density at radius 1 is 0.903 bits per heavy atom. The van der Waals surface area contributed by atoms with Crippen LogP contribution in [0.4, 0.5) is 0 Å². The molecule has 2 aromatic rings. The molecule has 1 atom stereocenters. The zero-order valence-corrected chi connectivity index (χ0v) is 20.5. The summed E-state index contributed by atoms with van der Waals surface area (Å²) in [6, 6.07) is 9.09. The molecule has 0 spiro atoms. The van der Waals surface area contributed by atoms with Crippen LogP contribution in [0.1, 0.15) is 62.8 Å². The molecule has 3 nitrogen and oxygen atoms in total. The van der Waals surface area contributed by atoms with Crippen LogP contribution in [0.15, 0.2) is 40.9 Å². The number of hydrogen-bond donors (Lipinski definition) is 0. The maximum Gasteiger partial charge on any atom is 0.168 e. The summed E-state index contributed by atoms with van der Waals surface area (Å²) in [4.78, 5) is 4.23. The van der Waals surface area contributed by atoms with Gasteiger partial charge in [-0.25, -0.2) is 0 Å². The van der Waals surface area contributed by atoms with Crippen molar-refractivity contribution in [1.29, 1.82) is 0 Å². The molecule has 1 aliphatic carbocycles. The topological polar surface area (TPSA) is 30.8 Å². The van der Waals surface area contributed by atoms with Gasteiger partial charge >= 0.3 is 0 Å². The highest BCUT2D eigenvalue weighted by Gasteiger charge is 2.37. The summed E-state index contributed by atoms with van der Waals surface area (Å²) in [5.74, 6) is 1.54. The number of methoxy groups -OCH3 is 2. The summed E-state index contributed by atoms with van der Waals surface area (Å²) in [5, 5.41) is 4.35. The van der Waals surface area contributed by atoms with Crippen molar-refractivity contribution in [2.45, 2.75) is 58.3 Å². The van der Waals surface area contributed by atoms with Crippen molar-refractivity contribution in [2.75, 3.05) is 14.2 Å². The molecule has 4 rings (SSSR count). The SMILES string of the molecule is COc1cc(C=S2C=CN=C2)cc(-c2cc3c(cc2C)C(C)(C)CCC3(C)C)c1OC. The summed E-state index contributed by atoms with van der Waals surface area (Å²) >= 11 is 0. The van der Waals surface area contributed by atoms with Crippen molar-refractivity contribution in [3.63, 3.8) is 0 Å². The van der Waals surface area contributed by atoms with Gasteiger partial charge in [0.05, 0.1) is 19.8 Å². The fourth-order valence-electron chi connectivity index (χ4n) is 4.74. The molecule has 0 fully saturated rings. The van der Waals surface area contributed by atoms with Gasteiger partial charge < -0.3 is 9.47 Å². The van der Waals surface area contributed by atoms with E-state index in [9.17, 15) is 0 Å². The van der Waals surface area contributed by atoms with E-state index in [4.69, 9.17) is 9.47 Å². The first kappa shape index (κ1) is 21.9. The van der Waals surface area contributed by atoms with Crippen LogP contribution < -0.4 is 9.47 Å². The Bertz CT molecular complexity index is 1110. The minimum absolute atomic E-state index is 0.0855. The van der Waals surface area contributed by atoms with Crippen LogP contribution in [0.2, 0.25) is 0 Å². The largest absolute Gasteiger partial charge is 0.493 e. The maximum absolute atomic E-state index is 5.86. The number of rotatable bonds is 4. The van der Waals surface area contributed by atoms with Crippen LogP contribution >= 0.6 is 10.5 Å². The fraction of sp³-hybridized carbons (Fsp3) is 0.407. The lowest BCUT2D eigenvalue weighted by Gasteiger charge is -2.42. The van der Waals surface area contributed by atoms with E-state index in [1.807, 2.05) is 11.7 Å². The van der Waals surface area contributed by atoms with E-state index in [1.165, 1.54) is 35.1 Å².